The van der Waals surface area contributed by atoms with Gasteiger partial charge in [-0.3, -0.25) is 9.59 Å². The molecule has 2 aromatic heterocycles. The van der Waals surface area contributed by atoms with E-state index in [2.05, 4.69) is 10.4 Å². The Labute approximate surface area is 150 Å². The highest BCUT2D eigenvalue weighted by atomic mass is 32.1. The average molecular weight is 355 g/mol. The molecule has 0 aliphatic carbocycles. The first-order valence-electron chi connectivity index (χ1n) is 8.13. The van der Waals surface area contributed by atoms with E-state index in [-0.39, 0.29) is 18.2 Å². The molecule has 3 aromatic rings. The summed E-state index contributed by atoms with van der Waals surface area (Å²) in [5, 5.41) is 8.25. The number of rotatable bonds is 4. The molecule has 0 saturated heterocycles. The number of carbonyl (C=O) groups is 2. The van der Waals surface area contributed by atoms with Gasteiger partial charge in [0.1, 0.15) is 4.83 Å². The maximum Gasteiger partial charge on any atom is 0.261 e. The fourth-order valence-corrected chi connectivity index (χ4v) is 3.52. The number of fused-ring (bicyclic) bond motifs is 1. The van der Waals surface area contributed by atoms with Crippen LogP contribution in [0.25, 0.3) is 15.9 Å². The standard InChI is InChI=1S/C19H21N3O2S/c1-12-14-10-15(17(24)20-11-16(23)19(2,3)4)25-18(14)22(21-12)13-8-6-5-7-9-13/h5-10H,11H2,1-4H3,(H,20,24). The zero-order valence-corrected chi connectivity index (χ0v) is 15.6. The lowest BCUT2D eigenvalue weighted by Gasteiger charge is -2.16. The number of amides is 1. The Bertz CT molecular complexity index is 933. The molecule has 0 unspecified atom stereocenters. The van der Waals surface area contributed by atoms with E-state index in [1.54, 1.807) is 0 Å². The highest BCUT2D eigenvalue weighted by Crippen LogP contribution is 2.30. The number of nitrogens with one attached hydrogen (secondary N) is 1. The van der Waals surface area contributed by atoms with Gasteiger partial charge in [0.15, 0.2) is 5.78 Å². The molecule has 0 radical (unpaired) electrons. The van der Waals surface area contributed by atoms with E-state index in [1.807, 2.05) is 68.8 Å². The van der Waals surface area contributed by atoms with E-state index in [9.17, 15) is 9.59 Å². The van der Waals surface area contributed by atoms with Crippen molar-refractivity contribution in [1.82, 2.24) is 15.1 Å². The van der Waals surface area contributed by atoms with Gasteiger partial charge in [-0.15, -0.1) is 11.3 Å². The summed E-state index contributed by atoms with van der Waals surface area (Å²) in [7, 11) is 0. The minimum absolute atomic E-state index is 0.00797. The summed E-state index contributed by atoms with van der Waals surface area (Å²) in [5.41, 5.74) is 1.37. The van der Waals surface area contributed by atoms with E-state index in [1.165, 1.54) is 11.3 Å². The Morgan fingerprint density at radius 3 is 2.52 bits per heavy atom. The number of carbonyl (C=O) groups excluding carboxylic acids is 2. The number of Topliss-reactive ketones (excluding diaryl/α,β-unsaturated/α-hetero) is 1. The zero-order valence-electron chi connectivity index (χ0n) is 14.8. The molecule has 0 saturated carbocycles. The second kappa shape index (κ2) is 6.44. The SMILES string of the molecule is Cc1nn(-c2ccccc2)c2sc(C(=O)NCC(=O)C(C)(C)C)cc12. The second-order valence-electron chi connectivity index (χ2n) is 7.02. The largest absolute Gasteiger partial charge is 0.344 e. The third-order valence-electron chi connectivity index (χ3n) is 4.02. The molecule has 6 heteroatoms. The number of hydrogen-bond donors (Lipinski definition) is 1. The number of nitrogens with zero attached hydrogens (tertiary/aromatic N) is 2. The fourth-order valence-electron chi connectivity index (χ4n) is 2.42. The van der Waals surface area contributed by atoms with Gasteiger partial charge in [-0.05, 0) is 25.1 Å². The quantitative estimate of drug-likeness (QED) is 0.775. The molecule has 1 N–H and O–H groups in total. The first-order valence-corrected chi connectivity index (χ1v) is 8.95. The molecule has 25 heavy (non-hydrogen) atoms. The molecule has 0 bridgehead atoms. The lowest BCUT2D eigenvalue weighted by atomic mass is 9.91. The van der Waals surface area contributed by atoms with Crippen LogP contribution in [0.3, 0.4) is 0 Å². The molecule has 0 fully saturated rings. The Balaban J connectivity index is 1.87. The number of hydrogen-bond acceptors (Lipinski definition) is 4. The van der Waals surface area contributed by atoms with Gasteiger partial charge in [-0.1, -0.05) is 39.0 Å². The molecular formula is C19H21N3O2S. The van der Waals surface area contributed by atoms with Crippen LogP contribution in [0.1, 0.15) is 36.1 Å². The van der Waals surface area contributed by atoms with Gasteiger partial charge < -0.3 is 5.32 Å². The molecule has 0 aliphatic heterocycles. The van der Waals surface area contributed by atoms with Crippen LogP contribution in [0.2, 0.25) is 0 Å². The van der Waals surface area contributed by atoms with Crippen molar-refractivity contribution < 1.29 is 9.59 Å². The Morgan fingerprint density at radius 1 is 1.20 bits per heavy atom. The van der Waals surface area contributed by atoms with E-state index < -0.39 is 5.41 Å². The topological polar surface area (TPSA) is 64.0 Å². The third kappa shape index (κ3) is 3.49. The van der Waals surface area contributed by atoms with Gasteiger partial charge in [0.05, 0.1) is 22.8 Å². The normalized spacial score (nSPS) is 11.7. The summed E-state index contributed by atoms with van der Waals surface area (Å²) in [5.74, 6) is -0.216. The summed E-state index contributed by atoms with van der Waals surface area (Å²) in [4.78, 5) is 25.9. The Kier molecular flexibility index (Phi) is 4.47. The fraction of sp³-hybridized carbons (Fsp3) is 0.316. The number of para-hydroxylation sites is 1. The summed E-state index contributed by atoms with van der Waals surface area (Å²) in [6.45, 7) is 7.51. The molecule has 1 amide bonds. The number of aromatic nitrogens is 2. The van der Waals surface area contributed by atoms with Crippen LogP contribution in [0.5, 0.6) is 0 Å². The lowest BCUT2D eigenvalue weighted by molar-refractivity contribution is -0.125. The van der Waals surface area contributed by atoms with Gasteiger partial charge >= 0.3 is 0 Å². The van der Waals surface area contributed by atoms with Crippen molar-refractivity contribution in [3.63, 3.8) is 0 Å². The monoisotopic (exact) mass is 355 g/mol. The molecule has 0 aliphatic rings. The van der Waals surface area contributed by atoms with E-state index in [0.717, 1.165) is 21.6 Å². The van der Waals surface area contributed by atoms with Crippen LogP contribution in [0.15, 0.2) is 36.4 Å². The summed E-state index contributed by atoms with van der Waals surface area (Å²) < 4.78 is 1.85. The summed E-state index contributed by atoms with van der Waals surface area (Å²) in [6, 6.07) is 11.7. The molecule has 2 heterocycles. The summed E-state index contributed by atoms with van der Waals surface area (Å²) >= 11 is 1.38. The molecule has 0 atom stereocenters. The van der Waals surface area contributed by atoms with E-state index in [4.69, 9.17) is 0 Å². The first-order chi connectivity index (χ1) is 11.8. The average Bonchev–Trinajstić information content (AvgIpc) is 3.13. The van der Waals surface area contributed by atoms with Crippen LogP contribution in [-0.4, -0.2) is 28.0 Å². The van der Waals surface area contributed by atoms with Gasteiger partial charge in [0, 0.05) is 10.8 Å². The maximum atomic E-state index is 12.4. The van der Waals surface area contributed by atoms with Gasteiger partial charge in [0.25, 0.3) is 5.91 Å². The highest BCUT2D eigenvalue weighted by molar-refractivity contribution is 7.20. The van der Waals surface area contributed by atoms with Gasteiger partial charge in [-0.2, -0.15) is 5.10 Å². The molecule has 3 rings (SSSR count). The van der Waals surface area contributed by atoms with Crippen LogP contribution in [-0.2, 0) is 4.79 Å². The first kappa shape index (κ1) is 17.4. The van der Waals surface area contributed by atoms with Crippen LogP contribution >= 0.6 is 11.3 Å². The Hall–Kier alpha value is -2.47. The molecule has 5 nitrogen and oxygen atoms in total. The van der Waals surface area contributed by atoms with Gasteiger partial charge in [-0.25, -0.2) is 4.68 Å². The molecule has 130 valence electrons. The number of thiophene rings is 1. The van der Waals surface area contributed by atoms with Gasteiger partial charge in [0.2, 0.25) is 0 Å². The predicted octanol–water partition coefficient (Wildman–Crippen LogP) is 3.74. The number of aryl methyl sites for hydroxylation is 1. The predicted molar refractivity (Wildman–Crippen MR) is 100 cm³/mol. The van der Waals surface area contributed by atoms with Crippen molar-refractivity contribution in [3.05, 3.63) is 47.0 Å². The van der Waals surface area contributed by atoms with Crippen molar-refractivity contribution in [3.8, 4) is 5.69 Å². The maximum absolute atomic E-state index is 12.4. The van der Waals surface area contributed by atoms with E-state index in [0.29, 0.717) is 4.88 Å². The van der Waals surface area contributed by atoms with Crippen molar-refractivity contribution in [2.24, 2.45) is 5.41 Å². The molecule has 1 aromatic carbocycles. The van der Waals surface area contributed by atoms with E-state index >= 15 is 0 Å². The highest BCUT2D eigenvalue weighted by Gasteiger charge is 2.22. The number of benzene rings is 1. The van der Waals surface area contributed by atoms with Crippen LogP contribution in [0, 0.1) is 12.3 Å². The van der Waals surface area contributed by atoms with Crippen molar-refractivity contribution in [2.45, 2.75) is 27.7 Å². The number of ketones is 1. The third-order valence-corrected chi connectivity index (χ3v) is 5.12. The van der Waals surface area contributed by atoms with Crippen LogP contribution in [0.4, 0.5) is 0 Å². The molecular weight excluding hydrogens is 334 g/mol. The second-order valence-corrected chi connectivity index (χ2v) is 8.05. The smallest absolute Gasteiger partial charge is 0.261 e. The zero-order chi connectivity index (χ0) is 18.2. The van der Waals surface area contributed by atoms with Crippen molar-refractivity contribution >= 4 is 33.2 Å². The van der Waals surface area contributed by atoms with Crippen molar-refractivity contribution in [2.75, 3.05) is 6.54 Å². The van der Waals surface area contributed by atoms with Crippen molar-refractivity contribution in [1.29, 1.82) is 0 Å². The molecule has 0 spiro atoms. The lowest BCUT2D eigenvalue weighted by Crippen LogP contribution is -2.35. The Morgan fingerprint density at radius 2 is 1.88 bits per heavy atom. The minimum atomic E-state index is -0.460. The summed E-state index contributed by atoms with van der Waals surface area (Å²) in [6.07, 6.45) is 0. The minimum Gasteiger partial charge on any atom is -0.344 e. The van der Waals surface area contributed by atoms with Crippen LogP contribution < -0.4 is 5.32 Å².